The van der Waals surface area contributed by atoms with Gasteiger partial charge in [-0.25, -0.2) is 0 Å². The second kappa shape index (κ2) is 9.30. The van der Waals surface area contributed by atoms with Crippen LogP contribution in [0.3, 0.4) is 0 Å². The summed E-state index contributed by atoms with van der Waals surface area (Å²) in [4.78, 5) is 47.3. The molecule has 5 aliphatic heterocycles. The van der Waals surface area contributed by atoms with Crippen molar-refractivity contribution in [2.24, 2.45) is 22.7 Å². The highest BCUT2D eigenvalue weighted by Crippen LogP contribution is 2.48. The van der Waals surface area contributed by atoms with Crippen molar-refractivity contribution in [2.75, 3.05) is 0 Å². The van der Waals surface area contributed by atoms with Gasteiger partial charge in [0.05, 0.1) is 28.8 Å². The van der Waals surface area contributed by atoms with Gasteiger partial charge in [0, 0.05) is 6.42 Å². The van der Waals surface area contributed by atoms with Gasteiger partial charge in [0.1, 0.15) is 17.8 Å². The molecule has 9 nitrogen and oxygen atoms in total. The van der Waals surface area contributed by atoms with Gasteiger partial charge in [-0.2, -0.15) is 0 Å². The average Bonchev–Trinajstić information content (AvgIpc) is 3.45. The molecule has 6 fully saturated rings. The predicted octanol–water partition coefficient (Wildman–Crippen LogP) is 3.50. The van der Waals surface area contributed by atoms with E-state index in [0.29, 0.717) is 19.3 Å². The van der Waals surface area contributed by atoms with Crippen molar-refractivity contribution in [2.45, 2.75) is 123 Å². The van der Waals surface area contributed by atoms with Crippen molar-refractivity contribution in [3.63, 3.8) is 0 Å². The molecule has 36 heavy (non-hydrogen) atoms. The first kappa shape index (κ1) is 26.9. The van der Waals surface area contributed by atoms with Crippen LogP contribution in [0.4, 0.5) is 0 Å². The summed E-state index contributed by atoms with van der Waals surface area (Å²) >= 11 is 0. The van der Waals surface area contributed by atoms with Crippen LogP contribution in [0.15, 0.2) is 0 Å². The second-order valence-corrected chi connectivity index (χ2v) is 12.3. The molecule has 0 aromatic heterocycles. The molecule has 202 valence electrons. The first-order valence-corrected chi connectivity index (χ1v) is 13.2. The third kappa shape index (κ3) is 4.63. The molecule has 0 spiro atoms. The zero-order chi connectivity index (χ0) is 26.6. The molecule has 5 saturated heterocycles. The van der Waals surface area contributed by atoms with E-state index in [9.17, 15) is 19.2 Å². The Balaban J connectivity index is 0.000000169. The SMILES string of the molecule is CCC(C)(C)C(=O)OC1C2CC3C(=O)OC1C3O2.CCC(C)(C)C(=O)OC1CC2CCC1(C)OC2=O. The Kier molecular flexibility index (Phi) is 6.94. The third-order valence-corrected chi connectivity index (χ3v) is 8.99. The molecule has 5 heterocycles. The molecule has 8 unspecified atom stereocenters. The molecule has 0 amide bonds. The van der Waals surface area contributed by atoms with Crippen LogP contribution in [0.1, 0.15) is 87.0 Å². The van der Waals surface area contributed by atoms with Crippen LogP contribution in [-0.2, 0) is 42.9 Å². The Morgan fingerprint density at radius 3 is 2.11 bits per heavy atom. The highest BCUT2D eigenvalue weighted by Gasteiger charge is 2.65. The number of hydrogen-bond donors (Lipinski definition) is 0. The molecule has 0 aromatic rings. The minimum Gasteiger partial charge on any atom is -0.458 e. The summed E-state index contributed by atoms with van der Waals surface area (Å²) in [5, 5.41) is 0. The fourth-order valence-corrected chi connectivity index (χ4v) is 5.31. The normalized spacial score (nSPS) is 38.1. The van der Waals surface area contributed by atoms with Crippen LogP contribution in [0.25, 0.3) is 0 Å². The fraction of sp³-hybridized carbons (Fsp3) is 0.852. The number of esters is 4. The van der Waals surface area contributed by atoms with E-state index in [4.69, 9.17) is 23.7 Å². The first-order valence-electron chi connectivity index (χ1n) is 13.2. The van der Waals surface area contributed by atoms with E-state index < -0.39 is 28.6 Å². The van der Waals surface area contributed by atoms with Gasteiger partial charge >= 0.3 is 23.9 Å². The van der Waals surface area contributed by atoms with E-state index in [0.717, 1.165) is 19.3 Å². The highest BCUT2D eigenvalue weighted by molar-refractivity contribution is 5.79. The van der Waals surface area contributed by atoms with Crippen molar-refractivity contribution >= 4 is 23.9 Å². The van der Waals surface area contributed by atoms with Crippen LogP contribution in [0.2, 0.25) is 0 Å². The van der Waals surface area contributed by atoms with E-state index in [-0.39, 0.29) is 54.0 Å². The lowest BCUT2D eigenvalue weighted by Crippen LogP contribution is -2.57. The molecule has 1 aliphatic carbocycles. The number of hydrogen-bond acceptors (Lipinski definition) is 9. The summed E-state index contributed by atoms with van der Waals surface area (Å²) in [6.07, 6.45) is 2.83. The summed E-state index contributed by atoms with van der Waals surface area (Å²) in [6, 6.07) is 0. The van der Waals surface area contributed by atoms with Crippen molar-refractivity contribution in [1.29, 1.82) is 0 Å². The third-order valence-electron chi connectivity index (χ3n) is 8.99. The lowest BCUT2D eigenvalue weighted by atomic mass is 9.74. The predicted molar refractivity (Wildman–Crippen MR) is 126 cm³/mol. The van der Waals surface area contributed by atoms with E-state index in [2.05, 4.69) is 0 Å². The molecule has 4 bridgehead atoms. The maximum absolute atomic E-state index is 12.1. The molecule has 0 aromatic carbocycles. The van der Waals surface area contributed by atoms with Gasteiger partial charge in [0.15, 0.2) is 12.2 Å². The van der Waals surface area contributed by atoms with Gasteiger partial charge in [-0.15, -0.1) is 0 Å². The molecule has 0 radical (unpaired) electrons. The maximum Gasteiger partial charge on any atom is 0.312 e. The van der Waals surface area contributed by atoms with Crippen LogP contribution in [0.5, 0.6) is 0 Å². The minimum absolute atomic E-state index is 0.0886. The van der Waals surface area contributed by atoms with Gasteiger partial charge in [-0.1, -0.05) is 13.8 Å². The molecular weight excluding hydrogens is 468 g/mol. The molecule has 6 rings (SSSR count). The number of fused-ring (bicyclic) bond motifs is 4. The zero-order valence-corrected chi connectivity index (χ0v) is 22.5. The summed E-state index contributed by atoms with van der Waals surface area (Å²) in [5.74, 6) is -1.01. The topological polar surface area (TPSA) is 114 Å². The van der Waals surface area contributed by atoms with Crippen LogP contribution in [0, 0.1) is 22.7 Å². The quantitative estimate of drug-likeness (QED) is 0.393. The lowest BCUT2D eigenvalue weighted by Gasteiger charge is -2.48. The molecule has 8 atom stereocenters. The van der Waals surface area contributed by atoms with Crippen LogP contribution < -0.4 is 0 Å². The zero-order valence-electron chi connectivity index (χ0n) is 22.5. The van der Waals surface area contributed by atoms with Gasteiger partial charge in [-0.3, -0.25) is 19.2 Å². The fourth-order valence-electron chi connectivity index (χ4n) is 5.31. The smallest absolute Gasteiger partial charge is 0.312 e. The van der Waals surface area contributed by atoms with E-state index in [1.807, 2.05) is 48.5 Å². The Labute approximate surface area is 212 Å². The molecule has 6 aliphatic rings. The van der Waals surface area contributed by atoms with Crippen LogP contribution >= 0.6 is 0 Å². The summed E-state index contributed by atoms with van der Waals surface area (Å²) in [6.45, 7) is 13.3. The average molecular weight is 509 g/mol. The molecule has 9 heteroatoms. The largest absolute Gasteiger partial charge is 0.458 e. The number of rotatable bonds is 6. The number of carbonyl (C=O) groups is 4. The van der Waals surface area contributed by atoms with E-state index in [1.165, 1.54) is 0 Å². The second-order valence-electron chi connectivity index (χ2n) is 12.3. The lowest BCUT2D eigenvalue weighted by molar-refractivity contribution is -0.221. The maximum atomic E-state index is 12.1. The molecular formula is C27H40O9. The van der Waals surface area contributed by atoms with Crippen molar-refractivity contribution in [3.8, 4) is 0 Å². The van der Waals surface area contributed by atoms with E-state index >= 15 is 0 Å². The number of ether oxygens (including phenoxy) is 5. The number of carbonyl (C=O) groups excluding carboxylic acids is 4. The highest BCUT2D eigenvalue weighted by atomic mass is 16.7. The Morgan fingerprint density at radius 1 is 0.944 bits per heavy atom. The Bertz CT molecular complexity index is 894. The van der Waals surface area contributed by atoms with Gasteiger partial charge < -0.3 is 23.7 Å². The minimum atomic E-state index is -0.620. The van der Waals surface area contributed by atoms with Gasteiger partial charge in [-0.05, 0) is 66.7 Å². The standard InChI is InChI=1S/C14H22O4.C13H18O5/c1-5-13(2,3)12(16)17-10-8-9-6-7-14(10,4)18-11(9)15;1-4-13(2,3)12(15)18-9-7-5-6-8(16-7)10(9)17-11(6)14/h9-10H,5-8H2,1-4H3;6-10H,4-5H2,1-3H3. The summed E-state index contributed by atoms with van der Waals surface area (Å²) < 4.78 is 27.5. The Hall–Kier alpha value is -2.16. The monoisotopic (exact) mass is 508 g/mol. The Morgan fingerprint density at radius 2 is 1.56 bits per heavy atom. The van der Waals surface area contributed by atoms with Gasteiger partial charge in [0.2, 0.25) is 0 Å². The van der Waals surface area contributed by atoms with Crippen molar-refractivity contribution in [1.82, 2.24) is 0 Å². The molecule has 1 saturated carbocycles. The van der Waals surface area contributed by atoms with E-state index in [1.54, 1.807) is 0 Å². The van der Waals surface area contributed by atoms with Gasteiger partial charge in [0.25, 0.3) is 0 Å². The van der Waals surface area contributed by atoms with Crippen molar-refractivity contribution < 1.29 is 42.9 Å². The summed E-state index contributed by atoms with van der Waals surface area (Å²) in [7, 11) is 0. The first-order chi connectivity index (χ1) is 16.7. The molecule has 0 N–H and O–H groups in total. The van der Waals surface area contributed by atoms with Crippen LogP contribution in [-0.4, -0.2) is 60.0 Å². The van der Waals surface area contributed by atoms with Crippen molar-refractivity contribution in [3.05, 3.63) is 0 Å². The summed E-state index contributed by atoms with van der Waals surface area (Å²) in [5.41, 5.74) is -1.60.